The largest absolute Gasteiger partial charge is 0.355 e. The molecule has 1 aromatic heterocycles. The van der Waals surface area contributed by atoms with Crippen LogP contribution in [0.15, 0.2) is 18.3 Å². The Labute approximate surface area is 121 Å². The summed E-state index contributed by atoms with van der Waals surface area (Å²) < 4.78 is 0. The Balaban J connectivity index is 2.02. The van der Waals surface area contributed by atoms with Gasteiger partial charge in [-0.3, -0.25) is 4.79 Å². The smallest absolute Gasteiger partial charge is 0.228 e. The summed E-state index contributed by atoms with van der Waals surface area (Å²) >= 11 is 0. The number of carbonyl (C=O) groups excluding carboxylic acids is 1. The third-order valence-corrected chi connectivity index (χ3v) is 3.64. The lowest BCUT2D eigenvalue weighted by atomic mass is 9.94. The van der Waals surface area contributed by atoms with Crippen molar-refractivity contribution < 1.29 is 4.79 Å². The molecule has 0 bridgehead atoms. The summed E-state index contributed by atoms with van der Waals surface area (Å²) in [5.74, 6) is 1.26. The fourth-order valence-electron chi connectivity index (χ4n) is 2.47. The molecule has 1 fully saturated rings. The van der Waals surface area contributed by atoms with E-state index < -0.39 is 0 Å². The SMILES string of the molecule is Cc1ccc(N2CCCN(C(=O)C(C)(C)C)CC2)nc1. The maximum atomic E-state index is 12.4. The van der Waals surface area contributed by atoms with Gasteiger partial charge in [0.25, 0.3) is 0 Å². The highest BCUT2D eigenvalue weighted by molar-refractivity contribution is 5.81. The number of pyridine rings is 1. The molecule has 1 aromatic rings. The Morgan fingerprint density at radius 1 is 1.15 bits per heavy atom. The number of carbonyl (C=O) groups is 1. The van der Waals surface area contributed by atoms with Crippen LogP contribution >= 0.6 is 0 Å². The van der Waals surface area contributed by atoms with E-state index in [4.69, 9.17) is 0 Å². The summed E-state index contributed by atoms with van der Waals surface area (Å²) in [4.78, 5) is 21.1. The molecular weight excluding hydrogens is 250 g/mol. The van der Waals surface area contributed by atoms with Crippen molar-refractivity contribution in [3.05, 3.63) is 23.9 Å². The predicted molar refractivity (Wildman–Crippen MR) is 81.8 cm³/mol. The van der Waals surface area contributed by atoms with E-state index >= 15 is 0 Å². The second kappa shape index (κ2) is 5.81. The van der Waals surface area contributed by atoms with Gasteiger partial charge in [0.1, 0.15) is 5.82 Å². The van der Waals surface area contributed by atoms with Crippen LogP contribution in [0.4, 0.5) is 5.82 Å². The van der Waals surface area contributed by atoms with Crippen molar-refractivity contribution in [3.63, 3.8) is 0 Å². The number of anilines is 1. The van der Waals surface area contributed by atoms with E-state index in [0.717, 1.165) is 38.4 Å². The number of rotatable bonds is 1. The molecule has 1 aliphatic heterocycles. The quantitative estimate of drug-likeness (QED) is 0.790. The maximum absolute atomic E-state index is 12.4. The molecule has 2 heterocycles. The van der Waals surface area contributed by atoms with Gasteiger partial charge < -0.3 is 9.80 Å². The molecule has 1 amide bonds. The highest BCUT2D eigenvalue weighted by atomic mass is 16.2. The Hall–Kier alpha value is -1.58. The van der Waals surface area contributed by atoms with Gasteiger partial charge >= 0.3 is 0 Å². The van der Waals surface area contributed by atoms with Gasteiger partial charge in [-0.05, 0) is 25.0 Å². The van der Waals surface area contributed by atoms with Gasteiger partial charge in [-0.15, -0.1) is 0 Å². The van der Waals surface area contributed by atoms with Crippen molar-refractivity contribution in [3.8, 4) is 0 Å². The summed E-state index contributed by atoms with van der Waals surface area (Å²) in [7, 11) is 0. The Morgan fingerprint density at radius 2 is 1.90 bits per heavy atom. The van der Waals surface area contributed by atoms with Gasteiger partial charge in [0.15, 0.2) is 0 Å². The summed E-state index contributed by atoms with van der Waals surface area (Å²) in [6.07, 6.45) is 2.90. The summed E-state index contributed by atoms with van der Waals surface area (Å²) in [5.41, 5.74) is 0.880. The third kappa shape index (κ3) is 3.50. The molecule has 0 N–H and O–H groups in total. The van der Waals surface area contributed by atoms with Crippen molar-refractivity contribution in [2.24, 2.45) is 5.41 Å². The van der Waals surface area contributed by atoms with E-state index in [1.807, 2.05) is 38.8 Å². The first-order valence-corrected chi connectivity index (χ1v) is 7.35. The Morgan fingerprint density at radius 3 is 2.50 bits per heavy atom. The van der Waals surface area contributed by atoms with Crippen LogP contribution in [-0.2, 0) is 4.79 Å². The fourth-order valence-corrected chi connectivity index (χ4v) is 2.47. The summed E-state index contributed by atoms with van der Waals surface area (Å²) in [6, 6.07) is 4.15. The normalized spacial score (nSPS) is 17.0. The van der Waals surface area contributed by atoms with Crippen molar-refractivity contribution >= 4 is 11.7 Å². The van der Waals surface area contributed by atoms with Crippen LogP contribution < -0.4 is 4.90 Å². The number of hydrogen-bond donors (Lipinski definition) is 0. The third-order valence-electron chi connectivity index (χ3n) is 3.64. The fraction of sp³-hybridized carbons (Fsp3) is 0.625. The molecule has 0 spiro atoms. The zero-order valence-corrected chi connectivity index (χ0v) is 13.0. The van der Waals surface area contributed by atoms with E-state index in [-0.39, 0.29) is 11.3 Å². The molecule has 1 aliphatic rings. The van der Waals surface area contributed by atoms with Crippen LogP contribution in [0.25, 0.3) is 0 Å². The number of aromatic nitrogens is 1. The number of amides is 1. The second-order valence-corrected chi connectivity index (χ2v) is 6.58. The van der Waals surface area contributed by atoms with Crippen LogP contribution in [0.1, 0.15) is 32.8 Å². The molecule has 0 aromatic carbocycles. The molecule has 4 nitrogen and oxygen atoms in total. The highest BCUT2D eigenvalue weighted by Gasteiger charge is 2.28. The number of aryl methyl sites for hydroxylation is 1. The van der Waals surface area contributed by atoms with E-state index in [9.17, 15) is 4.79 Å². The molecule has 4 heteroatoms. The first-order valence-electron chi connectivity index (χ1n) is 7.35. The summed E-state index contributed by atoms with van der Waals surface area (Å²) in [5, 5.41) is 0. The lowest BCUT2D eigenvalue weighted by Gasteiger charge is -2.28. The minimum atomic E-state index is -0.294. The zero-order valence-electron chi connectivity index (χ0n) is 13.0. The van der Waals surface area contributed by atoms with Crippen LogP contribution in [0, 0.1) is 12.3 Å². The average molecular weight is 275 g/mol. The van der Waals surface area contributed by atoms with Crippen molar-refractivity contribution in [1.29, 1.82) is 0 Å². The van der Waals surface area contributed by atoms with Gasteiger partial charge in [-0.1, -0.05) is 26.8 Å². The van der Waals surface area contributed by atoms with Gasteiger partial charge in [0.05, 0.1) is 0 Å². The lowest BCUT2D eigenvalue weighted by molar-refractivity contribution is -0.139. The van der Waals surface area contributed by atoms with Crippen molar-refractivity contribution in [1.82, 2.24) is 9.88 Å². The Bertz CT molecular complexity index is 462. The molecule has 110 valence electrons. The molecule has 0 saturated carbocycles. The monoisotopic (exact) mass is 275 g/mol. The van der Waals surface area contributed by atoms with E-state index in [1.165, 1.54) is 5.56 Å². The minimum Gasteiger partial charge on any atom is -0.355 e. The van der Waals surface area contributed by atoms with Crippen molar-refractivity contribution in [2.75, 3.05) is 31.1 Å². The molecular formula is C16H25N3O. The maximum Gasteiger partial charge on any atom is 0.228 e. The molecule has 2 rings (SSSR count). The topological polar surface area (TPSA) is 36.4 Å². The van der Waals surface area contributed by atoms with E-state index in [1.54, 1.807) is 0 Å². The highest BCUT2D eigenvalue weighted by Crippen LogP contribution is 2.20. The Kier molecular flexibility index (Phi) is 4.31. The average Bonchev–Trinajstić information content (AvgIpc) is 2.63. The van der Waals surface area contributed by atoms with E-state index in [2.05, 4.69) is 22.0 Å². The van der Waals surface area contributed by atoms with Crippen LogP contribution in [0.2, 0.25) is 0 Å². The zero-order chi connectivity index (χ0) is 14.8. The second-order valence-electron chi connectivity index (χ2n) is 6.58. The predicted octanol–water partition coefficient (Wildman–Crippen LogP) is 2.47. The van der Waals surface area contributed by atoms with Crippen LogP contribution in [0.5, 0.6) is 0 Å². The van der Waals surface area contributed by atoms with Gasteiger partial charge in [0.2, 0.25) is 5.91 Å². The first-order chi connectivity index (χ1) is 9.38. The molecule has 0 aliphatic carbocycles. The van der Waals surface area contributed by atoms with E-state index in [0.29, 0.717) is 0 Å². The minimum absolute atomic E-state index is 0.246. The van der Waals surface area contributed by atoms with Crippen LogP contribution in [-0.4, -0.2) is 42.0 Å². The number of hydrogen-bond acceptors (Lipinski definition) is 3. The molecule has 0 atom stereocenters. The van der Waals surface area contributed by atoms with Gasteiger partial charge in [-0.2, -0.15) is 0 Å². The molecule has 20 heavy (non-hydrogen) atoms. The van der Waals surface area contributed by atoms with Crippen molar-refractivity contribution in [2.45, 2.75) is 34.1 Å². The molecule has 0 radical (unpaired) electrons. The first kappa shape index (κ1) is 14.8. The van der Waals surface area contributed by atoms with Gasteiger partial charge in [-0.25, -0.2) is 4.98 Å². The molecule has 1 saturated heterocycles. The lowest BCUT2D eigenvalue weighted by Crippen LogP contribution is -2.41. The standard InChI is InChI=1S/C16H25N3O/c1-13-6-7-14(17-12-13)18-8-5-9-19(11-10-18)15(20)16(2,3)4/h6-7,12H,5,8-11H2,1-4H3. The molecule has 0 unspecified atom stereocenters. The summed E-state index contributed by atoms with van der Waals surface area (Å²) in [6.45, 7) is 11.5. The van der Waals surface area contributed by atoms with Gasteiger partial charge in [0, 0.05) is 37.8 Å². The van der Waals surface area contributed by atoms with Crippen LogP contribution in [0.3, 0.4) is 0 Å². The number of nitrogens with zero attached hydrogens (tertiary/aromatic N) is 3.